The third kappa shape index (κ3) is 6.42. The van der Waals surface area contributed by atoms with Crippen LogP contribution in [0.4, 0.5) is 5.69 Å². The molecule has 0 radical (unpaired) electrons. The second-order valence-electron chi connectivity index (χ2n) is 3.92. The highest BCUT2D eigenvalue weighted by Gasteiger charge is 2.07. The Bertz CT molecular complexity index is 399. The Labute approximate surface area is 120 Å². The zero-order valence-corrected chi connectivity index (χ0v) is 12.3. The van der Waals surface area contributed by atoms with Gasteiger partial charge in [-0.05, 0) is 24.6 Å². The lowest BCUT2D eigenvalue weighted by molar-refractivity contribution is -0.115. The summed E-state index contributed by atoms with van der Waals surface area (Å²) in [6.45, 7) is 3.45. The SMILES string of the molecule is COCCNCC(=O)Nc1cc(C)ccc1OC.Cl. The molecule has 0 aliphatic heterocycles. The van der Waals surface area contributed by atoms with Crippen LogP contribution in [-0.4, -0.2) is 39.8 Å². The fraction of sp³-hybridized carbons (Fsp3) is 0.462. The van der Waals surface area contributed by atoms with Gasteiger partial charge in [-0.3, -0.25) is 4.79 Å². The van der Waals surface area contributed by atoms with E-state index >= 15 is 0 Å². The lowest BCUT2D eigenvalue weighted by Gasteiger charge is -2.11. The maximum absolute atomic E-state index is 11.7. The number of ether oxygens (including phenoxy) is 2. The number of amides is 1. The van der Waals surface area contributed by atoms with Gasteiger partial charge in [0.15, 0.2) is 0 Å². The number of hydrogen-bond acceptors (Lipinski definition) is 4. The molecule has 0 spiro atoms. The molecular formula is C13H21ClN2O3. The van der Waals surface area contributed by atoms with Gasteiger partial charge in [0.25, 0.3) is 0 Å². The van der Waals surface area contributed by atoms with Crippen LogP contribution in [0.5, 0.6) is 5.75 Å². The molecule has 1 aromatic carbocycles. The van der Waals surface area contributed by atoms with Crippen LogP contribution in [0.15, 0.2) is 18.2 Å². The summed E-state index contributed by atoms with van der Waals surface area (Å²) < 4.78 is 10.1. The largest absolute Gasteiger partial charge is 0.495 e. The first kappa shape index (κ1) is 17.7. The van der Waals surface area contributed by atoms with Crippen LogP contribution in [0, 0.1) is 6.92 Å². The molecule has 0 aliphatic rings. The molecule has 1 amide bonds. The van der Waals surface area contributed by atoms with Gasteiger partial charge in [-0.2, -0.15) is 0 Å². The molecule has 0 aromatic heterocycles. The smallest absolute Gasteiger partial charge is 0.238 e. The molecule has 1 rings (SSSR count). The molecule has 0 bridgehead atoms. The standard InChI is InChI=1S/C13H20N2O3.ClH/c1-10-4-5-12(18-3)11(8-10)15-13(16)9-14-6-7-17-2;/h4-5,8,14H,6-7,9H2,1-3H3,(H,15,16);1H. The summed E-state index contributed by atoms with van der Waals surface area (Å²) in [5.41, 5.74) is 1.76. The van der Waals surface area contributed by atoms with E-state index in [1.165, 1.54) is 0 Å². The highest BCUT2D eigenvalue weighted by molar-refractivity contribution is 5.93. The normalized spacial score (nSPS) is 9.63. The number of halogens is 1. The van der Waals surface area contributed by atoms with Gasteiger partial charge < -0.3 is 20.1 Å². The van der Waals surface area contributed by atoms with E-state index in [2.05, 4.69) is 10.6 Å². The second-order valence-corrected chi connectivity index (χ2v) is 3.92. The van der Waals surface area contributed by atoms with E-state index in [0.29, 0.717) is 24.6 Å². The predicted octanol–water partition coefficient (Wildman–Crippen LogP) is 1.60. The summed E-state index contributed by atoms with van der Waals surface area (Å²) in [6, 6.07) is 5.65. The number of methoxy groups -OCH3 is 2. The molecule has 0 saturated heterocycles. The van der Waals surface area contributed by atoms with E-state index in [1.807, 2.05) is 25.1 Å². The van der Waals surface area contributed by atoms with Gasteiger partial charge in [0, 0.05) is 13.7 Å². The maximum atomic E-state index is 11.7. The lowest BCUT2D eigenvalue weighted by Crippen LogP contribution is -2.30. The molecule has 0 atom stereocenters. The van der Waals surface area contributed by atoms with Gasteiger partial charge in [-0.15, -0.1) is 12.4 Å². The van der Waals surface area contributed by atoms with Gasteiger partial charge in [0.05, 0.1) is 25.9 Å². The summed E-state index contributed by atoms with van der Waals surface area (Å²) in [6.07, 6.45) is 0. The van der Waals surface area contributed by atoms with Crippen LogP contribution >= 0.6 is 12.4 Å². The molecule has 0 saturated carbocycles. The zero-order valence-electron chi connectivity index (χ0n) is 11.5. The minimum Gasteiger partial charge on any atom is -0.495 e. The van der Waals surface area contributed by atoms with Crippen LogP contribution < -0.4 is 15.4 Å². The Balaban J connectivity index is 0.00000324. The Hall–Kier alpha value is -1.30. The first-order valence-corrected chi connectivity index (χ1v) is 5.81. The lowest BCUT2D eigenvalue weighted by atomic mass is 10.2. The minimum absolute atomic E-state index is 0. The van der Waals surface area contributed by atoms with Crippen molar-refractivity contribution >= 4 is 24.0 Å². The third-order valence-electron chi connectivity index (χ3n) is 2.40. The van der Waals surface area contributed by atoms with Gasteiger partial charge >= 0.3 is 0 Å². The van der Waals surface area contributed by atoms with Crippen molar-refractivity contribution in [2.24, 2.45) is 0 Å². The van der Waals surface area contributed by atoms with Crippen molar-refractivity contribution in [3.05, 3.63) is 23.8 Å². The van der Waals surface area contributed by atoms with Crippen LogP contribution in [0.2, 0.25) is 0 Å². The van der Waals surface area contributed by atoms with Crippen molar-refractivity contribution < 1.29 is 14.3 Å². The number of nitrogens with one attached hydrogen (secondary N) is 2. The summed E-state index contributed by atoms with van der Waals surface area (Å²) in [4.78, 5) is 11.7. The summed E-state index contributed by atoms with van der Waals surface area (Å²) in [5, 5.41) is 5.79. The van der Waals surface area contributed by atoms with Crippen molar-refractivity contribution in [3.8, 4) is 5.75 Å². The van der Waals surface area contributed by atoms with Crippen molar-refractivity contribution in [2.45, 2.75) is 6.92 Å². The monoisotopic (exact) mass is 288 g/mol. The number of carbonyl (C=O) groups excluding carboxylic acids is 1. The minimum atomic E-state index is -0.102. The van der Waals surface area contributed by atoms with E-state index in [1.54, 1.807) is 14.2 Å². The molecular weight excluding hydrogens is 268 g/mol. The maximum Gasteiger partial charge on any atom is 0.238 e. The molecule has 0 aliphatic carbocycles. The number of benzene rings is 1. The average Bonchev–Trinajstić information content (AvgIpc) is 2.35. The number of aryl methyl sites for hydroxylation is 1. The second kappa shape index (κ2) is 9.61. The van der Waals surface area contributed by atoms with Gasteiger partial charge in [-0.1, -0.05) is 6.07 Å². The van der Waals surface area contributed by atoms with Crippen molar-refractivity contribution in [3.63, 3.8) is 0 Å². The molecule has 0 unspecified atom stereocenters. The molecule has 19 heavy (non-hydrogen) atoms. The Morgan fingerprint density at radius 1 is 1.32 bits per heavy atom. The van der Waals surface area contributed by atoms with Crippen LogP contribution in [0.25, 0.3) is 0 Å². The van der Waals surface area contributed by atoms with E-state index in [4.69, 9.17) is 9.47 Å². The van der Waals surface area contributed by atoms with E-state index < -0.39 is 0 Å². The van der Waals surface area contributed by atoms with Gasteiger partial charge in [0.2, 0.25) is 5.91 Å². The molecule has 5 nitrogen and oxygen atoms in total. The fourth-order valence-electron chi connectivity index (χ4n) is 1.49. The number of anilines is 1. The molecule has 108 valence electrons. The van der Waals surface area contributed by atoms with Crippen LogP contribution in [-0.2, 0) is 9.53 Å². The Kier molecular flexibility index (Phi) is 8.95. The van der Waals surface area contributed by atoms with Gasteiger partial charge in [0.1, 0.15) is 5.75 Å². The molecule has 0 heterocycles. The van der Waals surface area contributed by atoms with Crippen LogP contribution in [0.1, 0.15) is 5.56 Å². The molecule has 1 aromatic rings. The number of carbonyl (C=O) groups is 1. The van der Waals surface area contributed by atoms with Crippen molar-refractivity contribution in [2.75, 3.05) is 39.2 Å². The van der Waals surface area contributed by atoms with Crippen molar-refractivity contribution in [1.29, 1.82) is 0 Å². The topological polar surface area (TPSA) is 59.6 Å². The average molecular weight is 289 g/mol. The number of rotatable bonds is 7. The number of hydrogen-bond donors (Lipinski definition) is 2. The third-order valence-corrected chi connectivity index (χ3v) is 2.40. The Morgan fingerprint density at radius 2 is 2.05 bits per heavy atom. The zero-order chi connectivity index (χ0) is 13.4. The summed E-state index contributed by atoms with van der Waals surface area (Å²) in [5.74, 6) is 0.556. The molecule has 6 heteroatoms. The molecule has 2 N–H and O–H groups in total. The summed E-state index contributed by atoms with van der Waals surface area (Å²) in [7, 11) is 3.20. The van der Waals surface area contributed by atoms with Crippen LogP contribution in [0.3, 0.4) is 0 Å². The highest BCUT2D eigenvalue weighted by Crippen LogP contribution is 2.24. The summed E-state index contributed by atoms with van der Waals surface area (Å²) >= 11 is 0. The molecule has 0 fully saturated rings. The van der Waals surface area contributed by atoms with E-state index in [-0.39, 0.29) is 24.9 Å². The first-order chi connectivity index (χ1) is 8.67. The van der Waals surface area contributed by atoms with Crippen molar-refractivity contribution in [1.82, 2.24) is 5.32 Å². The highest BCUT2D eigenvalue weighted by atomic mass is 35.5. The Morgan fingerprint density at radius 3 is 2.68 bits per heavy atom. The van der Waals surface area contributed by atoms with E-state index in [0.717, 1.165) is 5.56 Å². The first-order valence-electron chi connectivity index (χ1n) is 5.81. The quantitative estimate of drug-likeness (QED) is 0.748. The predicted molar refractivity (Wildman–Crippen MR) is 78.4 cm³/mol. The fourth-order valence-corrected chi connectivity index (χ4v) is 1.49. The van der Waals surface area contributed by atoms with E-state index in [9.17, 15) is 4.79 Å². The van der Waals surface area contributed by atoms with Gasteiger partial charge in [-0.25, -0.2) is 0 Å².